The highest BCUT2D eigenvalue weighted by Crippen LogP contribution is 2.25. The Kier molecular flexibility index (Phi) is 4.16. The van der Waals surface area contributed by atoms with Crippen LogP contribution in [0.4, 0.5) is 5.82 Å². The van der Waals surface area contributed by atoms with Gasteiger partial charge >= 0.3 is 5.97 Å². The van der Waals surface area contributed by atoms with Gasteiger partial charge in [-0.1, -0.05) is 0 Å². The molecule has 2 heterocycles. The van der Waals surface area contributed by atoms with Crippen molar-refractivity contribution in [1.82, 2.24) is 4.98 Å². The Morgan fingerprint density at radius 2 is 2.42 bits per heavy atom. The number of pyridine rings is 1. The molecule has 1 aromatic rings. The molecule has 1 fully saturated rings. The van der Waals surface area contributed by atoms with E-state index in [4.69, 9.17) is 9.84 Å². The van der Waals surface area contributed by atoms with Gasteiger partial charge in [0.15, 0.2) is 0 Å². The van der Waals surface area contributed by atoms with Crippen molar-refractivity contribution in [1.29, 1.82) is 0 Å². The van der Waals surface area contributed by atoms with Crippen molar-refractivity contribution in [2.24, 2.45) is 0 Å². The first-order valence-corrected chi connectivity index (χ1v) is 6.30. The predicted octanol–water partition coefficient (Wildman–Crippen LogP) is 1.79. The molecule has 0 aliphatic carbocycles. The van der Waals surface area contributed by atoms with Crippen LogP contribution in [0.5, 0.6) is 0 Å². The molecule has 0 amide bonds. The molecular weight excluding hydrogens is 244 g/mol. The van der Waals surface area contributed by atoms with Gasteiger partial charge in [0.2, 0.25) is 0 Å². The van der Waals surface area contributed by atoms with E-state index in [0.29, 0.717) is 0 Å². The zero-order valence-electron chi connectivity index (χ0n) is 11.1. The van der Waals surface area contributed by atoms with Crippen LogP contribution >= 0.6 is 0 Å². The number of hydrogen-bond donors (Lipinski definition) is 1. The van der Waals surface area contributed by atoms with Crippen LogP contribution < -0.4 is 4.90 Å². The van der Waals surface area contributed by atoms with Crippen LogP contribution in [-0.2, 0) is 9.53 Å². The first kappa shape index (κ1) is 13.5. The Morgan fingerprint density at radius 3 is 3.05 bits per heavy atom. The highest BCUT2D eigenvalue weighted by atomic mass is 16.5. The minimum Gasteiger partial charge on any atom is -0.478 e. The molecule has 0 bridgehead atoms. The van der Waals surface area contributed by atoms with Gasteiger partial charge in [-0.25, -0.2) is 9.78 Å². The molecule has 1 aromatic heterocycles. The fourth-order valence-electron chi connectivity index (χ4n) is 2.38. The van der Waals surface area contributed by atoms with E-state index >= 15 is 0 Å². The van der Waals surface area contributed by atoms with Gasteiger partial charge in [-0.15, -0.1) is 0 Å². The molecule has 2 unspecified atom stereocenters. The van der Waals surface area contributed by atoms with Crippen molar-refractivity contribution >= 4 is 17.9 Å². The van der Waals surface area contributed by atoms with Crippen molar-refractivity contribution in [2.75, 3.05) is 18.6 Å². The number of ether oxygens (including phenoxy) is 1. The number of carboxylic acid groups (broad SMARTS) is 1. The molecule has 1 N–H and O–H groups in total. The van der Waals surface area contributed by atoms with Crippen molar-refractivity contribution in [3.63, 3.8) is 0 Å². The van der Waals surface area contributed by atoms with Gasteiger partial charge in [0, 0.05) is 31.5 Å². The van der Waals surface area contributed by atoms with E-state index in [1.807, 2.05) is 20.0 Å². The van der Waals surface area contributed by atoms with Crippen molar-refractivity contribution in [3.8, 4) is 0 Å². The molecule has 5 nitrogen and oxygen atoms in total. The molecule has 0 spiro atoms. The minimum absolute atomic E-state index is 0.156. The summed E-state index contributed by atoms with van der Waals surface area (Å²) in [6.45, 7) is 2.80. The average Bonchev–Trinajstić information content (AvgIpc) is 2.82. The molecule has 0 aromatic carbocycles. The summed E-state index contributed by atoms with van der Waals surface area (Å²) in [4.78, 5) is 17.1. The van der Waals surface area contributed by atoms with Gasteiger partial charge in [-0.2, -0.15) is 0 Å². The maximum absolute atomic E-state index is 10.6. The number of hydrogen-bond acceptors (Lipinski definition) is 4. The summed E-state index contributed by atoms with van der Waals surface area (Å²) >= 11 is 0. The van der Waals surface area contributed by atoms with Crippen molar-refractivity contribution < 1.29 is 14.6 Å². The first-order valence-electron chi connectivity index (χ1n) is 6.30. The molecular formula is C14H18N2O3. The lowest BCUT2D eigenvalue weighted by atomic mass is 10.1. The zero-order valence-corrected chi connectivity index (χ0v) is 11.1. The van der Waals surface area contributed by atoms with E-state index in [9.17, 15) is 4.79 Å². The highest BCUT2D eigenvalue weighted by molar-refractivity contribution is 5.86. The van der Waals surface area contributed by atoms with Gasteiger partial charge in [0.05, 0.1) is 12.1 Å². The van der Waals surface area contributed by atoms with Crippen molar-refractivity contribution in [3.05, 3.63) is 30.0 Å². The zero-order chi connectivity index (χ0) is 13.8. The van der Waals surface area contributed by atoms with Gasteiger partial charge in [0.25, 0.3) is 0 Å². The van der Waals surface area contributed by atoms with Gasteiger partial charge in [-0.05, 0) is 31.6 Å². The number of likely N-dealkylation sites (N-methyl/N-ethyl adjacent to an activating group) is 1. The lowest BCUT2D eigenvalue weighted by Gasteiger charge is -2.28. The van der Waals surface area contributed by atoms with Crippen LogP contribution in [0.2, 0.25) is 0 Å². The molecule has 2 atom stereocenters. The lowest BCUT2D eigenvalue weighted by Crippen LogP contribution is -2.37. The minimum atomic E-state index is -0.963. The Labute approximate surface area is 112 Å². The molecule has 1 saturated heterocycles. The Hall–Kier alpha value is -1.88. The topological polar surface area (TPSA) is 62.7 Å². The van der Waals surface area contributed by atoms with E-state index in [-0.39, 0.29) is 12.1 Å². The molecule has 2 rings (SSSR count). The maximum Gasteiger partial charge on any atom is 0.328 e. The van der Waals surface area contributed by atoms with Crippen LogP contribution in [0.1, 0.15) is 18.9 Å². The van der Waals surface area contributed by atoms with Gasteiger partial charge in [-0.3, -0.25) is 0 Å². The summed E-state index contributed by atoms with van der Waals surface area (Å²) in [6.07, 6.45) is 5.52. The second-order valence-corrected chi connectivity index (χ2v) is 4.63. The number of carbonyl (C=O) groups is 1. The van der Waals surface area contributed by atoms with Crippen LogP contribution in [0.15, 0.2) is 24.4 Å². The summed E-state index contributed by atoms with van der Waals surface area (Å²) in [5, 5.41) is 8.72. The second kappa shape index (κ2) is 5.84. The fraction of sp³-hybridized carbons (Fsp3) is 0.429. The number of rotatable bonds is 4. The highest BCUT2D eigenvalue weighted by Gasteiger charge is 2.29. The maximum atomic E-state index is 10.6. The summed E-state index contributed by atoms with van der Waals surface area (Å²) in [5.74, 6) is -0.183. The standard InChI is InChI=1S/C14H18N2O3/c1-10-12(7-9-19-10)16(2)14-11(4-3-8-15-14)5-6-13(17)18/h3-6,8,10,12H,7,9H2,1-2H3,(H,17,18)/b6-5+. The van der Waals surface area contributed by atoms with E-state index in [0.717, 1.165) is 30.5 Å². The van der Waals surface area contributed by atoms with Crippen molar-refractivity contribution in [2.45, 2.75) is 25.5 Å². The normalized spacial score (nSPS) is 22.8. The fourth-order valence-corrected chi connectivity index (χ4v) is 2.38. The molecule has 0 radical (unpaired) electrons. The third-order valence-electron chi connectivity index (χ3n) is 3.39. The largest absolute Gasteiger partial charge is 0.478 e. The summed E-state index contributed by atoms with van der Waals surface area (Å²) in [6, 6.07) is 3.93. The van der Waals surface area contributed by atoms with E-state index in [1.54, 1.807) is 18.3 Å². The number of aliphatic carboxylic acids is 1. The number of anilines is 1. The summed E-state index contributed by atoms with van der Waals surface area (Å²) in [5.41, 5.74) is 0.798. The lowest BCUT2D eigenvalue weighted by molar-refractivity contribution is -0.131. The average molecular weight is 262 g/mol. The molecule has 1 aliphatic rings. The van der Waals surface area contributed by atoms with Crippen LogP contribution in [0, 0.1) is 0 Å². The number of nitrogens with zero attached hydrogens (tertiary/aromatic N) is 2. The van der Waals surface area contributed by atoms with E-state index in [1.165, 1.54) is 0 Å². The monoisotopic (exact) mass is 262 g/mol. The molecule has 5 heteroatoms. The van der Waals surface area contributed by atoms with E-state index in [2.05, 4.69) is 9.88 Å². The van der Waals surface area contributed by atoms with Gasteiger partial charge in [0.1, 0.15) is 5.82 Å². The predicted molar refractivity (Wildman–Crippen MR) is 73.1 cm³/mol. The second-order valence-electron chi connectivity index (χ2n) is 4.63. The first-order chi connectivity index (χ1) is 9.09. The summed E-state index contributed by atoms with van der Waals surface area (Å²) < 4.78 is 5.56. The third-order valence-corrected chi connectivity index (χ3v) is 3.39. The van der Waals surface area contributed by atoms with Gasteiger partial charge < -0.3 is 14.7 Å². The summed E-state index contributed by atoms with van der Waals surface area (Å²) in [7, 11) is 1.97. The molecule has 102 valence electrons. The Bertz CT molecular complexity index is 487. The quantitative estimate of drug-likeness (QED) is 0.838. The number of carboxylic acids is 1. The van der Waals surface area contributed by atoms with Crippen LogP contribution in [-0.4, -0.2) is 41.9 Å². The van der Waals surface area contributed by atoms with E-state index < -0.39 is 5.97 Å². The number of aromatic nitrogens is 1. The Morgan fingerprint density at radius 1 is 1.63 bits per heavy atom. The molecule has 0 saturated carbocycles. The SMILES string of the molecule is CC1OCCC1N(C)c1ncccc1/C=C/C(=O)O. The molecule has 1 aliphatic heterocycles. The van der Waals surface area contributed by atoms with Crippen LogP contribution in [0.3, 0.4) is 0 Å². The third kappa shape index (κ3) is 3.12. The van der Waals surface area contributed by atoms with Crippen LogP contribution in [0.25, 0.3) is 6.08 Å². The Balaban J connectivity index is 2.26. The smallest absolute Gasteiger partial charge is 0.328 e. The molecule has 19 heavy (non-hydrogen) atoms.